The molecule has 0 saturated carbocycles. The minimum Gasteiger partial charge on any atom is -0.332 e. The molecule has 1 aliphatic heterocycles. The maximum Gasteiger partial charge on any atom is 0.0273 e. The molecule has 0 amide bonds. The molecular weight excluding hydrogens is 122 g/mol. The lowest BCUT2D eigenvalue weighted by Crippen LogP contribution is -2.10. The summed E-state index contributed by atoms with van der Waals surface area (Å²) >= 11 is 5.18. The van der Waals surface area contributed by atoms with Crippen molar-refractivity contribution >= 4 is 11.6 Å². The predicted octanol–water partition coefficient (Wildman–Crippen LogP) is 1.24. The molecule has 0 radical (unpaired) electrons. The van der Waals surface area contributed by atoms with Crippen molar-refractivity contribution in [3.05, 3.63) is 0 Å². The van der Waals surface area contributed by atoms with Crippen molar-refractivity contribution in [3.63, 3.8) is 0 Å². The summed E-state index contributed by atoms with van der Waals surface area (Å²) in [5, 5.41) is 2.36. The molecule has 0 aromatic rings. The van der Waals surface area contributed by atoms with Crippen molar-refractivity contribution < 1.29 is 0 Å². The Labute approximate surface area is 54.6 Å². The van der Waals surface area contributed by atoms with Crippen LogP contribution in [-0.2, 0) is 0 Å². The van der Waals surface area contributed by atoms with Crippen LogP contribution in [0, 0.1) is 11.4 Å². The summed E-state index contributed by atoms with van der Waals surface area (Å²) in [5.74, 6) is 0. The molecule has 0 spiro atoms. The van der Waals surface area contributed by atoms with Crippen molar-refractivity contribution in [1.29, 1.82) is 0 Å². The average Bonchev–Trinajstić information content (AvgIpc) is 2.19. The maximum absolute atomic E-state index is 5.18. The van der Waals surface area contributed by atoms with Crippen molar-refractivity contribution in [1.82, 2.24) is 4.90 Å². The van der Waals surface area contributed by atoms with Gasteiger partial charge in [0, 0.05) is 24.5 Å². The third-order valence-corrected chi connectivity index (χ3v) is 1.39. The zero-order chi connectivity index (χ0) is 5.82. The molecule has 1 fully saturated rings. The maximum atomic E-state index is 5.18. The normalized spacial score (nSPS) is 17.9. The lowest BCUT2D eigenvalue weighted by Gasteiger charge is -2.03. The number of hydrogen-bond acceptors (Lipinski definition) is 1. The highest BCUT2D eigenvalue weighted by molar-refractivity contribution is 6.30. The molecule has 1 aliphatic rings. The molecule has 1 rings (SSSR count). The lowest BCUT2D eigenvalue weighted by atomic mass is 10.4. The summed E-state index contributed by atoms with van der Waals surface area (Å²) in [4.78, 5) is 2.05. The van der Waals surface area contributed by atoms with E-state index in [4.69, 9.17) is 11.6 Å². The summed E-state index contributed by atoms with van der Waals surface area (Å²) < 4.78 is 0. The van der Waals surface area contributed by atoms with Gasteiger partial charge in [-0.2, -0.15) is 0 Å². The Bertz CT molecular complexity index is 116. The van der Waals surface area contributed by atoms with E-state index in [1.54, 1.807) is 0 Å². The summed E-state index contributed by atoms with van der Waals surface area (Å²) in [6.07, 6.45) is 2.54. The first-order chi connectivity index (χ1) is 3.93. The van der Waals surface area contributed by atoms with Gasteiger partial charge in [0.05, 0.1) is 0 Å². The fourth-order valence-electron chi connectivity index (χ4n) is 0.889. The van der Waals surface area contributed by atoms with Crippen molar-refractivity contribution in [2.75, 3.05) is 13.1 Å². The Kier molecular flexibility index (Phi) is 2.05. The van der Waals surface area contributed by atoms with Crippen LogP contribution in [0.4, 0.5) is 0 Å². The van der Waals surface area contributed by atoms with Gasteiger partial charge in [0.15, 0.2) is 0 Å². The van der Waals surface area contributed by atoms with Gasteiger partial charge in [0.2, 0.25) is 0 Å². The van der Waals surface area contributed by atoms with Gasteiger partial charge in [-0.05, 0) is 24.4 Å². The van der Waals surface area contributed by atoms with Crippen LogP contribution in [0.2, 0.25) is 0 Å². The van der Waals surface area contributed by atoms with E-state index in [1.165, 1.54) is 12.8 Å². The molecule has 2 heteroatoms. The molecule has 0 aromatic heterocycles. The Balaban J connectivity index is 2.32. The van der Waals surface area contributed by atoms with Gasteiger partial charge in [-0.25, -0.2) is 0 Å². The van der Waals surface area contributed by atoms with Crippen LogP contribution in [0.5, 0.6) is 0 Å². The number of halogens is 1. The summed E-state index contributed by atoms with van der Waals surface area (Å²) in [5.41, 5.74) is 0. The predicted molar refractivity (Wildman–Crippen MR) is 34.4 cm³/mol. The minimum atomic E-state index is 1.10. The third-order valence-electron chi connectivity index (χ3n) is 1.31. The van der Waals surface area contributed by atoms with Gasteiger partial charge >= 0.3 is 0 Å². The van der Waals surface area contributed by atoms with Gasteiger partial charge in [-0.15, -0.1) is 0 Å². The van der Waals surface area contributed by atoms with E-state index in [-0.39, 0.29) is 0 Å². The monoisotopic (exact) mass is 129 g/mol. The molecule has 0 aliphatic carbocycles. The number of hydrogen-bond donors (Lipinski definition) is 0. The molecule has 0 aromatic carbocycles. The first kappa shape index (κ1) is 5.78. The fraction of sp³-hybridized carbons (Fsp3) is 0.667. The number of likely N-dealkylation sites (tertiary alicyclic amines) is 1. The Hall–Kier alpha value is -0.350. The van der Waals surface area contributed by atoms with Gasteiger partial charge in [0.25, 0.3) is 0 Å². The van der Waals surface area contributed by atoms with E-state index >= 15 is 0 Å². The van der Waals surface area contributed by atoms with Crippen LogP contribution < -0.4 is 0 Å². The van der Waals surface area contributed by atoms with Crippen LogP contribution in [-0.4, -0.2) is 18.0 Å². The molecule has 44 valence electrons. The van der Waals surface area contributed by atoms with Crippen LogP contribution in [0.1, 0.15) is 12.8 Å². The van der Waals surface area contributed by atoms with Crippen molar-refractivity contribution in [2.45, 2.75) is 12.8 Å². The van der Waals surface area contributed by atoms with Gasteiger partial charge in [-0.1, -0.05) is 0 Å². The average molecular weight is 130 g/mol. The molecule has 1 nitrogen and oxygen atoms in total. The molecule has 1 saturated heterocycles. The first-order valence-electron chi connectivity index (χ1n) is 2.80. The summed E-state index contributed by atoms with van der Waals surface area (Å²) in [6.45, 7) is 2.19. The molecule has 0 N–H and O–H groups in total. The van der Waals surface area contributed by atoms with Crippen molar-refractivity contribution in [2.24, 2.45) is 0 Å². The third kappa shape index (κ3) is 1.31. The topological polar surface area (TPSA) is 3.24 Å². The zero-order valence-electron chi connectivity index (χ0n) is 4.65. The first-order valence-corrected chi connectivity index (χ1v) is 3.17. The van der Waals surface area contributed by atoms with E-state index in [0.717, 1.165) is 13.1 Å². The smallest absolute Gasteiger partial charge is 0.0273 e. The van der Waals surface area contributed by atoms with Crippen LogP contribution in [0.25, 0.3) is 0 Å². The Morgan fingerprint density at radius 1 is 1.25 bits per heavy atom. The Morgan fingerprint density at radius 3 is 2.38 bits per heavy atom. The quantitative estimate of drug-likeness (QED) is 0.445. The van der Waals surface area contributed by atoms with E-state index < -0.39 is 0 Å². The Morgan fingerprint density at radius 2 is 1.88 bits per heavy atom. The lowest BCUT2D eigenvalue weighted by molar-refractivity contribution is 0.497. The highest BCUT2D eigenvalue weighted by Crippen LogP contribution is 2.04. The number of nitrogens with zero attached hydrogens (tertiary/aromatic N) is 1. The fourth-order valence-corrected chi connectivity index (χ4v) is 1.01. The van der Waals surface area contributed by atoms with Gasteiger partial charge < -0.3 is 4.90 Å². The largest absolute Gasteiger partial charge is 0.332 e. The summed E-state index contributed by atoms with van der Waals surface area (Å²) in [6, 6.07) is 2.79. The second-order valence-corrected chi connectivity index (χ2v) is 2.09. The summed E-state index contributed by atoms with van der Waals surface area (Å²) in [7, 11) is 0. The van der Waals surface area contributed by atoms with Crippen LogP contribution in [0.15, 0.2) is 0 Å². The molecule has 0 unspecified atom stereocenters. The van der Waals surface area contributed by atoms with Crippen molar-refractivity contribution in [3.8, 4) is 11.4 Å². The highest BCUT2D eigenvalue weighted by atomic mass is 35.5. The minimum absolute atomic E-state index is 1.10. The molecule has 0 atom stereocenters. The van der Waals surface area contributed by atoms with E-state index in [9.17, 15) is 0 Å². The second kappa shape index (κ2) is 2.84. The molecule has 1 heterocycles. The van der Waals surface area contributed by atoms with Gasteiger partial charge in [0.1, 0.15) is 0 Å². The van der Waals surface area contributed by atoms with E-state index in [1.807, 2.05) is 4.90 Å². The second-order valence-electron chi connectivity index (χ2n) is 1.90. The van der Waals surface area contributed by atoms with E-state index in [0.29, 0.717) is 0 Å². The number of rotatable bonds is 0. The SMILES string of the molecule is ClC#CN1CCCC1. The molecular formula is C6H8ClN. The van der Waals surface area contributed by atoms with Crippen LogP contribution >= 0.6 is 11.6 Å². The van der Waals surface area contributed by atoms with Gasteiger partial charge in [-0.3, -0.25) is 0 Å². The van der Waals surface area contributed by atoms with E-state index in [2.05, 4.69) is 11.4 Å². The van der Waals surface area contributed by atoms with Crippen LogP contribution in [0.3, 0.4) is 0 Å². The standard InChI is InChI=1S/C6H8ClN/c7-3-6-8-4-1-2-5-8/h1-2,4-5H2. The zero-order valence-corrected chi connectivity index (χ0v) is 5.41. The highest BCUT2D eigenvalue weighted by Gasteiger charge is 2.05. The molecule has 8 heavy (non-hydrogen) atoms. The molecule has 0 bridgehead atoms.